The fraction of sp³-hybridized carbons (Fsp3) is 0.214. The highest BCUT2D eigenvalue weighted by Gasteiger charge is 2.00. The molecule has 0 bridgehead atoms. The standard InChI is InChI=1S/C14H14N2O/c1-16(10-15)9-11-3-4-13-8-14(17-2)6-5-12(13)7-11/h3-8H,9H2,1-2H3. The van der Waals surface area contributed by atoms with E-state index in [1.807, 2.05) is 24.3 Å². The van der Waals surface area contributed by atoms with Crippen LogP contribution in [0.5, 0.6) is 5.75 Å². The number of benzene rings is 2. The molecule has 0 aliphatic heterocycles. The number of hydrogen-bond acceptors (Lipinski definition) is 3. The molecule has 0 aromatic heterocycles. The van der Waals surface area contributed by atoms with Crippen molar-refractivity contribution >= 4 is 10.8 Å². The molecule has 0 aliphatic rings. The van der Waals surface area contributed by atoms with E-state index in [9.17, 15) is 0 Å². The highest BCUT2D eigenvalue weighted by atomic mass is 16.5. The Kier molecular flexibility index (Phi) is 3.15. The van der Waals surface area contributed by atoms with Crippen LogP contribution in [0, 0.1) is 11.5 Å². The molecule has 2 rings (SSSR count). The number of fused-ring (bicyclic) bond motifs is 1. The van der Waals surface area contributed by atoms with Gasteiger partial charge in [-0.05, 0) is 34.5 Å². The van der Waals surface area contributed by atoms with Crippen molar-refractivity contribution in [2.24, 2.45) is 0 Å². The van der Waals surface area contributed by atoms with Gasteiger partial charge in [0.1, 0.15) is 5.75 Å². The van der Waals surface area contributed by atoms with Crippen molar-refractivity contribution in [2.75, 3.05) is 14.2 Å². The normalized spacial score (nSPS) is 9.94. The van der Waals surface area contributed by atoms with Crippen LogP contribution in [0.2, 0.25) is 0 Å². The molecule has 2 aromatic rings. The average Bonchev–Trinajstić information content (AvgIpc) is 2.38. The van der Waals surface area contributed by atoms with Crippen LogP contribution in [-0.4, -0.2) is 19.1 Å². The number of methoxy groups -OCH3 is 1. The third-order valence-corrected chi connectivity index (χ3v) is 2.70. The van der Waals surface area contributed by atoms with E-state index in [-0.39, 0.29) is 0 Å². The van der Waals surface area contributed by atoms with E-state index in [1.165, 1.54) is 0 Å². The van der Waals surface area contributed by atoms with Crippen LogP contribution in [0.15, 0.2) is 36.4 Å². The Bertz CT molecular complexity index is 572. The number of ether oxygens (including phenoxy) is 1. The van der Waals surface area contributed by atoms with Crippen molar-refractivity contribution in [3.05, 3.63) is 42.0 Å². The maximum absolute atomic E-state index is 8.74. The lowest BCUT2D eigenvalue weighted by Gasteiger charge is -2.10. The Morgan fingerprint density at radius 2 is 1.88 bits per heavy atom. The zero-order valence-corrected chi connectivity index (χ0v) is 9.97. The zero-order chi connectivity index (χ0) is 12.3. The van der Waals surface area contributed by atoms with Crippen LogP contribution in [-0.2, 0) is 6.54 Å². The van der Waals surface area contributed by atoms with E-state index >= 15 is 0 Å². The van der Waals surface area contributed by atoms with Gasteiger partial charge in [-0.3, -0.25) is 0 Å². The van der Waals surface area contributed by atoms with Gasteiger partial charge in [0.2, 0.25) is 0 Å². The van der Waals surface area contributed by atoms with Gasteiger partial charge in [0.15, 0.2) is 6.19 Å². The molecule has 0 amide bonds. The first-order valence-corrected chi connectivity index (χ1v) is 5.40. The van der Waals surface area contributed by atoms with Crippen LogP contribution in [0.25, 0.3) is 10.8 Å². The van der Waals surface area contributed by atoms with Crippen LogP contribution in [0.3, 0.4) is 0 Å². The summed E-state index contributed by atoms with van der Waals surface area (Å²) in [5.74, 6) is 0.861. The fourth-order valence-electron chi connectivity index (χ4n) is 1.81. The molecule has 2 aromatic carbocycles. The largest absolute Gasteiger partial charge is 0.497 e. The monoisotopic (exact) mass is 226 g/mol. The topological polar surface area (TPSA) is 36.3 Å². The molecule has 0 saturated carbocycles. The highest BCUT2D eigenvalue weighted by molar-refractivity contribution is 5.84. The number of rotatable bonds is 3. The van der Waals surface area contributed by atoms with Crippen molar-refractivity contribution in [1.82, 2.24) is 4.90 Å². The summed E-state index contributed by atoms with van der Waals surface area (Å²) in [5, 5.41) is 11.0. The molecular weight excluding hydrogens is 212 g/mol. The number of hydrogen-bond donors (Lipinski definition) is 0. The van der Waals surface area contributed by atoms with Crippen LogP contribution < -0.4 is 4.74 Å². The lowest BCUT2D eigenvalue weighted by atomic mass is 10.1. The smallest absolute Gasteiger partial charge is 0.179 e. The van der Waals surface area contributed by atoms with Gasteiger partial charge < -0.3 is 9.64 Å². The Balaban J connectivity index is 2.35. The van der Waals surface area contributed by atoms with Gasteiger partial charge >= 0.3 is 0 Å². The minimum absolute atomic E-state index is 0.637. The first-order valence-electron chi connectivity index (χ1n) is 5.40. The van der Waals surface area contributed by atoms with E-state index in [1.54, 1.807) is 19.1 Å². The Morgan fingerprint density at radius 3 is 2.59 bits per heavy atom. The quantitative estimate of drug-likeness (QED) is 0.596. The summed E-state index contributed by atoms with van der Waals surface area (Å²) in [4.78, 5) is 1.60. The molecule has 3 heteroatoms. The van der Waals surface area contributed by atoms with Gasteiger partial charge in [-0.1, -0.05) is 18.2 Å². The molecule has 0 heterocycles. The first-order chi connectivity index (χ1) is 8.22. The maximum atomic E-state index is 8.74. The van der Waals surface area contributed by atoms with Crippen molar-refractivity contribution < 1.29 is 4.74 Å². The van der Waals surface area contributed by atoms with Gasteiger partial charge in [-0.15, -0.1) is 0 Å². The van der Waals surface area contributed by atoms with Crippen LogP contribution in [0.1, 0.15) is 5.56 Å². The second-order valence-electron chi connectivity index (χ2n) is 4.00. The van der Waals surface area contributed by atoms with E-state index in [0.717, 1.165) is 22.1 Å². The first kappa shape index (κ1) is 11.3. The molecule has 17 heavy (non-hydrogen) atoms. The summed E-state index contributed by atoms with van der Waals surface area (Å²) < 4.78 is 5.18. The van der Waals surface area contributed by atoms with Crippen molar-refractivity contribution in [1.29, 1.82) is 5.26 Å². The summed E-state index contributed by atoms with van der Waals surface area (Å²) in [7, 11) is 3.44. The molecule has 86 valence electrons. The van der Waals surface area contributed by atoms with Gasteiger partial charge in [0.05, 0.1) is 13.7 Å². The Hall–Kier alpha value is -2.21. The van der Waals surface area contributed by atoms with Crippen molar-refractivity contribution in [2.45, 2.75) is 6.54 Å². The third kappa shape index (κ3) is 2.48. The zero-order valence-electron chi connectivity index (χ0n) is 9.97. The average molecular weight is 226 g/mol. The molecule has 3 nitrogen and oxygen atoms in total. The second kappa shape index (κ2) is 4.75. The summed E-state index contributed by atoms with van der Waals surface area (Å²) in [6.07, 6.45) is 2.09. The predicted octanol–water partition coefficient (Wildman–Crippen LogP) is 2.76. The van der Waals surface area contributed by atoms with Crippen LogP contribution >= 0.6 is 0 Å². The van der Waals surface area contributed by atoms with E-state index < -0.39 is 0 Å². The van der Waals surface area contributed by atoms with Gasteiger partial charge in [-0.25, -0.2) is 0 Å². The van der Waals surface area contributed by atoms with Gasteiger partial charge in [-0.2, -0.15) is 5.26 Å². The summed E-state index contributed by atoms with van der Waals surface area (Å²) >= 11 is 0. The van der Waals surface area contributed by atoms with E-state index in [0.29, 0.717) is 6.54 Å². The molecular formula is C14H14N2O. The fourth-order valence-corrected chi connectivity index (χ4v) is 1.81. The molecule has 0 atom stereocenters. The SMILES string of the molecule is COc1ccc2cc(CN(C)C#N)ccc2c1. The number of nitrogens with zero attached hydrogens (tertiary/aromatic N) is 2. The Labute approximate surface area is 101 Å². The highest BCUT2D eigenvalue weighted by Crippen LogP contribution is 2.22. The lowest BCUT2D eigenvalue weighted by Crippen LogP contribution is -2.09. The van der Waals surface area contributed by atoms with Crippen molar-refractivity contribution in [3.63, 3.8) is 0 Å². The van der Waals surface area contributed by atoms with Crippen LogP contribution in [0.4, 0.5) is 0 Å². The lowest BCUT2D eigenvalue weighted by molar-refractivity contribution is 0.415. The molecule has 0 saturated heterocycles. The molecule has 0 N–H and O–H groups in total. The maximum Gasteiger partial charge on any atom is 0.179 e. The third-order valence-electron chi connectivity index (χ3n) is 2.70. The molecule has 0 spiro atoms. The molecule has 0 aliphatic carbocycles. The van der Waals surface area contributed by atoms with Gasteiger partial charge in [0, 0.05) is 7.05 Å². The molecule has 0 unspecified atom stereocenters. The number of nitriles is 1. The van der Waals surface area contributed by atoms with Gasteiger partial charge in [0.25, 0.3) is 0 Å². The Morgan fingerprint density at radius 1 is 1.18 bits per heavy atom. The van der Waals surface area contributed by atoms with Crippen molar-refractivity contribution in [3.8, 4) is 11.9 Å². The van der Waals surface area contributed by atoms with E-state index in [4.69, 9.17) is 10.00 Å². The summed E-state index contributed by atoms with van der Waals surface area (Å²) in [6.45, 7) is 0.637. The minimum Gasteiger partial charge on any atom is -0.497 e. The molecule has 0 radical (unpaired) electrons. The second-order valence-corrected chi connectivity index (χ2v) is 4.00. The van der Waals surface area contributed by atoms with E-state index in [2.05, 4.69) is 18.3 Å². The summed E-state index contributed by atoms with van der Waals surface area (Å²) in [6, 6.07) is 12.2. The summed E-state index contributed by atoms with van der Waals surface area (Å²) in [5.41, 5.74) is 1.13. The predicted molar refractivity (Wildman–Crippen MR) is 67.6 cm³/mol. The minimum atomic E-state index is 0.637. The molecule has 0 fully saturated rings.